The van der Waals surface area contributed by atoms with Crippen LogP contribution in [0, 0.1) is 11.3 Å². The van der Waals surface area contributed by atoms with Crippen LogP contribution in [0.2, 0.25) is 0 Å². The molecule has 0 amide bonds. The van der Waals surface area contributed by atoms with E-state index < -0.39 is 5.60 Å². The van der Waals surface area contributed by atoms with Gasteiger partial charge in [0.1, 0.15) is 11.4 Å². The second kappa shape index (κ2) is 5.79. The van der Waals surface area contributed by atoms with Crippen molar-refractivity contribution in [1.82, 2.24) is 0 Å². The number of allylic oxidation sites excluding steroid dienone is 1. The summed E-state index contributed by atoms with van der Waals surface area (Å²) in [5.41, 5.74) is 7.16. The van der Waals surface area contributed by atoms with Crippen molar-refractivity contribution >= 4 is 0 Å². The maximum Gasteiger partial charge on any atom is 0.131 e. The Labute approximate surface area is 135 Å². The summed E-state index contributed by atoms with van der Waals surface area (Å²) in [4.78, 5) is 0. The molecule has 0 saturated carbocycles. The summed E-state index contributed by atoms with van der Waals surface area (Å²) < 4.78 is 5.15. The molecule has 0 saturated heterocycles. The fourth-order valence-electron chi connectivity index (χ4n) is 3.17. The number of ether oxygens (including phenoxy) is 1. The van der Waals surface area contributed by atoms with Crippen molar-refractivity contribution in [3.05, 3.63) is 77.0 Å². The lowest BCUT2D eigenvalue weighted by atomic mass is 9.86. The number of aliphatic hydroxyl groups is 1. The van der Waals surface area contributed by atoms with Crippen molar-refractivity contribution < 1.29 is 9.84 Å². The smallest absolute Gasteiger partial charge is 0.131 e. The minimum Gasteiger partial charge on any atom is -0.497 e. The third-order valence-corrected chi connectivity index (χ3v) is 4.47. The first-order valence-electron chi connectivity index (χ1n) is 7.42. The minimum atomic E-state index is -1.34. The van der Waals surface area contributed by atoms with Crippen molar-refractivity contribution in [3.8, 4) is 11.8 Å². The standard InChI is InChI=1S/C19H18N2O2/c1-23-15-9-7-14(8-10-15)19(22)11-16(17(12-20)18(19)21)13-5-3-2-4-6-13/h2-10,16,22H,11,21H2,1H3/t16-,19-/m1/s1. The van der Waals surface area contributed by atoms with Gasteiger partial charge < -0.3 is 15.6 Å². The van der Waals surface area contributed by atoms with Crippen LogP contribution in [0.3, 0.4) is 0 Å². The van der Waals surface area contributed by atoms with Crippen LogP contribution in [0.25, 0.3) is 0 Å². The van der Waals surface area contributed by atoms with E-state index in [2.05, 4.69) is 6.07 Å². The van der Waals surface area contributed by atoms with Gasteiger partial charge in [0.15, 0.2) is 0 Å². The molecule has 1 aliphatic rings. The maximum atomic E-state index is 11.2. The predicted octanol–water partition coefficient (Wildman–Crippen LogP) is 2.81. The highest BCUT2D eigenvalue weighted by Gasteiger charge is 2.45. The summed E-state index contributed by atoms with van der Waals surface area (Å²) in [7, 11) is 1.59. The second-order valence-corrected chi connectivity index (χ2v) is 5.70. The van der Waals surface area contributed by atoms with Gasteiger partial charge in [0.05, 0.1) is 24.4 Å². The molecule has 3 rings (SSSR count). The third-order valence-electron chi connectivity index (χ3n) is 4.47. The Hall–Kier alpha value is -2.77. The molecule has 0 aliphatic heterocycles. The van der Waals surface area contributed by atoms with Crippen LogP contribution in [-0.2, 0) is 5.60 Å². The van der Waals surface area contributed by atoms with Gasteiger partial charge in [0, 0.05) is 5.92 Å². The summed E-state index contributed by atoms with van der Waals surface area (Å²) in [6.07, 6.45) is 0.359. The molecule has 3 N–H and O–H groups in total. The molecule has 4 heteroatoms. The second-order valence-electron chi connectivity index (χ2n) is 5.70. The van der Waals surface area contributed by atoms with Crippen molar-refractivity contribution in [3.63, 3.8) is 0 Å². The molecular formula is C19H18N2O2. The Bertz CT molecular complexity index is 775. The average Bonchev–Trinajstić information content (AvgIpc) is 2.88. The van der Waals surface area contributed by atoms with Crippen molar-refractivity contribution in [1.29, 1.82) is 5.26 Å². The van der Waals surface area contributed by atoms with Crippen LogP contribution in [0.4, 0.5) is 0 Å². The summed E-state index contributed by atoms with van der Waals surface area (Å²) in [6, 6.07) is 19.0. The van der Waals surface area contributed by atoms with Crippen molar-refractivity contribution in [2.24, 2.45) is 5.73 Å². The van der Waals surface area contributed by atoms with Crippen LogP contribution >= 0.6 is 0 Å². The van der Waals surface area contributed by atoms with E-state index in [0.717, 1.165) is 5.56 Å². The zero-order valence-corrected chi connectivity index (χ0v) is 12.9. The molecule has 0 spiro atoms. The van der Waals surface area contributed by atoms with E-state index in [1.165, 1.54) is 0 Å². The van der Waals surface area contributed by atoms with Gasteiger partial charge in [0.25, 0.3) is 0 Å². The van der Waals surface area contributed by atoms with Crippen LogP contribution in [0.15, 0.2) is 65.9 Å². The van der Waals surface area contributed by atoms with E-state index in [1.807, 2.05) is 30.3 Å². The monoisotopic (exact) mass is 306 g/mol. The molecule has 0 heterocycles. The molecule has 1 aliphatic carbocycles. The molecule has 2 atom stereocenters. The predicted molar refractivity (Wildman–Crippen MR) is 87.5 cm³/mol. The lowest BCUT2D eigenvalue weighted by molar-refractivity contribution is 0.0724. The first-order chi connectivity index (χ1) is 11.1. The van der Waals surface area contributed by atoms with Gasteiger partial charge in [-0.1, -0.05) is 42.5 Å². The molecular weight excluding hydrogens is 288 g/mol. The summed E-state index contributed by atoms with van der Waals surface area (Å²) >= 11 is 0. The molecule has 2 aromatic carbocycles. The van der Waals surface area contributed by atoms with Crippen LogP contribution in [0.1, 0.15) is 23.5 Å². The van der Waals surface area contributed by atoms with Gasteiger partial charge in [-0.2, -0.15) is 5.26 Å². The number of benzene rings is 2. The highest BCUT2D eigenvalue weighted by atomic mass is 16.5. The number of nitrogens with two attached hydrogens (primary N) is 1. The van der Waals surface area contributed by atoms with E-state index in [9.17, 15) is 10.4 Å². The number of nitriles is 1. The Morgan fingerprint density at radius 2 is 1.83 bits per heavy atom. The fraction of sp³-hybridized carbons (Fsp3) is 0.211. The van der Waals surface area contributed by atoms with Crippen molar-refractivity contribution in [2.45, 2.75) is 17.9 Å². The topological polar surface area (TPSA) is 79.3 Å². The molecule has 116 valence electrons. The quantitative estimate of drug-likeness (QED) is 0.914. The number of hydrogen-bond donors (Lipinski definition) is 2. The lowest BCUT2D eigenvalue weighted by Gasteiger charge is -2.25. The van der Waals surface area contributed by atoms with Gasteiger partial charge in [-0.05, 0) is 29.7 Å². The van der Waals surface area contributed by atoms with E-state index >= 15 is 0 Å². The van der Waals surface area contributed by atoms with Gasteiger partial charge in [-0.25, -0.2) is 0 Å². The fourth-order valence-corrected chi connectivity index (χ4v) is 3.17. The number of methoxy groups -OCH3 is 1. The Balaban J connectivity index is 2.04. The van der Waals surface area contributed by atoms with Crippen LogP contribution < -0.4 is 10.5 Å². The van der Waals surface area contributed by atoms with E-state index in [4.69, 9.17) is 10.5 Å². The van der Waals surface area contributed by atoms with Gasteiger partial charge >= 0.3 is 0 Å². The highest BCUT2D eigenvalue weighted by Crippen LogP contribution is 2.48. The van der Waals surface area contributed by atoms with E-state index in [1.54, 1.807) is 31.4 Å². The lowest BCUT2D eigenvalue weighted by Crippen LogP contribution is -2.30. The molecule has 0 radical (unpaired) electrons. The first-order valence-corrected chi connectivity index (χ1v) is 7.42. The van der Waals surface area contributed by atoms with Gasteiger partial charge in [-0.3, -0.25) is 0 Å². The molecule has 0 aromatic heterocycles. The van der Waals surface area contributed by atoms with Crippen molar-refractivity contribution in [2.75, 3.05) is 7.11 Å². The van der Waals surface area contributed by atoms with Gasteiger partial charge in [0.2, 0.25) is 0 Å². The molecule has 4 nitrogen and oxygen atoms in total. The van der Waals surface area contributed by atoms with E-state index in [-0.39, 0.29) is 11.6 Å². The van der Waals surface area contributed by atoms with Gasteiger partial charge in [-0.15, -0.1) is 0 Å². The zero-order chi connectivity index (χ0) is 16.4. The molecule has 0 unspecified atom stereocenters. The molecule has 0 bridgehead atoms. The Morgan fingerprint density at radius 3 is 2.39 bits per heavy atom. The largest absolute Gasteiger partial charge is 0.497 e. The zero-order valence-electron chi connectivity index (χ0n) is 12.9. The summed E-state index contributed by atoms with van der Waals surface area (Å²) in [6.45, 7) is 0. The first kappa shape index (κ1) is 15.1. The number of hydrogen-bond acceptors (Lipinski definition) is 4. The molecule has 23 heavy (non-hydrogen) atoms. The highest BCUT2D eigenvalue weighted by molar-refractivity contribution is 5.51. The van der Waals surface area contributed by atoms with E-state index in [0.29, 0.717) is 23.3 Å². The maximum absolute atomic E-state index is 11.2. The summed E-state index contributed by atoms with van der Waals surface area (Å²) in [5, 5.41) is 20.7. The Morgan fingerprint density at radius 1 is 1.17 bits per heavy atom. The normalized spacial score (nSPS) is 23.6. The number of rotatable bonds is 3. The van der Waals surface area contributed by atoms with Crippen LogP contribution in [0.5, 0.6) is 5.75 Å². The molecule has 2 aromatic rings. The average molecular weight is 306 g/mol. The minimum absolute atomic E-state index is 0.201. The number of nitrogens with zero attached hydrogens (tertiary/aromatic N) is 1. The Kier molecular flexibility index (Phi) is 3.81. The molecule has 0 fully saturated rings. The summed E-state index contributed by atoms with van der Waals surface area (Å²) in [5.74, 6) is 0.506. The SMILES string of the molecule is COc1ccc([C@]2(O)C[C@H](c3ccccc3)C(C#N)=C2N)cc1. The van der Waals surface area contributed by atoms with Crippen LogP contribution in [-0.4, -0.2) is 12.2 Å². The third kappa shape index (κ3) is 2.45.